The Balaban J connectivity index is 1.75. The lowest BCUT2D eigenvalue weighted by Gasteiger charge is -2.16. The van der Waals surface area contributed by atoms with Gasteiger partial charge in [-0.25, -0.2) is 4.98 Å². The van der Waals surface area contributed by atoms with E-state index >= 15 is 0 Å². The van der Waals surface area contributed by atoms with Gasteiger partial charge in [0, 0.05) is 19.8 Å². The Morgan fingerprint density at radius 2 is 1.76 bits per heavy atom. The van der Waals surface area contributed by atoms with Crippen LogP contribution in [0.1, 0.15) is 30.5 Å². The highest BCUT2D eigenvalue weighted by atomic mass is 32.1. The van der Waals surface area contributed by atoms with Crippen molar-refractivity contribution in [3.8, 4) is 0 Å². The van der Waals surface area contributed by atoms with E-state index < -0.39 is 0 Å². The molecule has 0 fully saturated rings. The Labute approximate surface area is 149 Å². The summed E-state index contributed by atoms with van der Waals surface area (Å²) in [6.07, 6.45) is 1.47. The summed E-state index contributed by atoms with van der Waals surface area (Å²) in [6.45, 7) is 0.500. The molecule has 6 heteroatoms. The number of amides is 1. The van der Waals surface area contributed by atoms with Crippen molar-refractivity contribution in [2.75, 3.05) is 7.05 Å². The fourth-order valence-corrected chi connectivity index (χ4v) is 3.37. The van der Waals surface area contributed by atoms with E-state index in [1.807, 2.05) is 30.3 Å². The molecule has 0 saturated carbocycles. The van der Waals surface area contributed by atoms with Crippen molar-refractivity contribution in [2.24, 2.45) is 0 Å². The van der Waals surface area contributed by atoms with E-state index in [-0.39, 0.29) is 23.1 Å². The van der Waals surface area contributed by atoms with Crippen LogP contribution in [0.25, 0.3) is 0 Å². The molecule has 2 heterocycles. The first kappa shape index (κ1) is 16.9. The number of nitrogens with one attached hydrogen (secondary N) is 1. The molecule has 1 amide bonds. The van der Waals surface area contributed by atoms with Crippen LogP contribution in [0.15, 0.2) is 60.8 Å². The second-order valence-corrected chi connectivity index (χ2v) is 6.62. The van der Waals surface area contributed by atoms with E-state index in [0.29, 0.717) is 16.3 Å². The molecule has 1 radical (unpaired) electrons. The van der Waals surface area contributed by atoms with Crippen molar-refractivity contribution in [1.82, 2.24) is 15.6 Å². The third-order valence-electron chi connectivity index (χ3n) is 3.70. The molecule has 125 valence electrons. The molecule has 0 aliphatic heterocycles. The number of hydrogen-bond acceptors (Lipinski definition) is 4. The largest absolute Gasteiger partial charge is 0.337 e. The van der Waals surface area contributed by atoms with Gasteiger partial charge >= 0.3 is 0 Å². The van der Waals surface area contributed by atoms with Gasteiger partial charge in [0.2, 0.25) is 5.78 Å². The zero-order valence-electron chi connectivity index (χ0n) is 13.6. The number of carbonyl (C=O) groups is 2. The molecule has 0 spiro atoms. The lowest BCUT2D eigenvalue weighted by atomic mass is 10.1. The van der Waals surface area contributed by atoms with Crippen LogP contribution in [0.3, 0.4) is 0 Å². The first-order valence-electron chi connectivity index (χ1n) is 7.67. The van der Waals surface area contributed by atoms with Gasteiger partial charge in [0.15, 0.2) is 5.82 Å². The van der Waals surface area contributed by atoms with Crippen LogP contribution in [0.5, 0.6) is 0 Å². The van der Waals surface area contributed by atoms with E-state index in [2.05, 4.69) is 4.98 Å². The molecule has 0 atom stereocenters. The third-order valence-corrected chi connectivity index (χ3v) is 4.77. The summed E-state index contributed by atoms with van der Waals surface area (Å²) in [5, 5.41) is 0. The average molecular weight is 350 g/mol. The number of rotatable bonds is 5. The predicted molar refractivity (Wildman–Crippen MR) is 97.0 cm³/mol. The highest BCUT2D eigenvalue weighted by Crippen LogP contribution is 2.23. The molecular formula is C19H16N3O2S. The molecule has 2 aromatic heterocycles. The zero-order chi connectivity index (χ0) is 17.8. The zero-order valence-corrected chi connectivity index (χ0v) is 14.4. The van der Waals surface area contributed by atoms with Gasteiger partial charge < -0.3 is 4.90 Å². The molecule has 0 bridgehead atoms. The highest BCUT2D eigenvalue weighted by molar-refractivity contribution is 7.16. The molecule has 0 aliphatic carbocycles. The molecule has 3 rings (SSSR count). The molecule has 25 heavy (non-hydrogen) atoms. The second-order valence-electron chi connectivity index (χ2n) is 5.54. The van der Waals surface area contributed by atoms with Crippen LogP contribution in [0.2, 0.25) is 0 Å². The number of nitrogens with zero attached hydrogens (tertiary/aromatic N) is 2. The Kier molecular flexibility index (Phi) is 4.90. The van der Waals surface area contributed by atoms with Gasteiger partial charge in [0.25, 0.3) is 5.91 Å². The normalized spacial score (nSPS) is 10.4. The molecule has 0 saturated heterocycles. The lowest BCUT2D eigenvalue weighted by Crippen LogP contribution is -2.25. The molecule has 5 nitrogen and oxygen atoms in total. The molecular weight excluding hydrogens is 334 g/mol. The monoisotopic (exact) mass is 350 g/mol. The van der Waals surface area contributed by atoms with Crippen molar-refractivity contribution in [1.29, 1.82) is 0 Å². The minimum absolute atomic E-state index is 0.0602. The second kappa shape index (κ2) is 7.27. The third kappa shape index (κ3) is 3.75. The summed E-state index contributed by atoms with van der Waals surface area (Å²) < 4.78 is 0. The Hall–Kier alpha value is -2.99. The van der Waals surface area contributed by atoms with Gasteiger partial charge in [0.05, 0.1) is 15.3 Å². The molecule has 0 aliphatic rings. The molecule has 1 aromatic carbocycles. The maximum atomic E-state index is 12.6. The maximum absolute atomic E-state index is 12.6. The first-order chi connectivity index (χ1) is 12.1. The minimum Gasteiger partial charge on any atom is -0.337 e. The van der Waals surface area contributed by atoms with Crippen LogP contribution < -0.4 is 5.73 Å². The highest BCUT2D eigenvalue weighted by Gasteiger charge is 2.19. The summed E-state index contributed by atoms with van der Waals surface area (Å²) in [5.74, 6) is -0.479. The average Bonchev–Trinajstić information content (AvgIpc) is 3.12. The number of benzene rings is 1. The number of carbonyl (C=O) groups excluding carboxylic acids is 2. The first-order valence-corrected chi connectivity index (χ1v) is 8.48. The number of hydrogen-bond donors (Lipinski definition) is 0. The van der Waals surface area contributed by atoms with Crippen LogP contribution in [-0.2, 0) is 6.54 Å². The number of pyridine rings is 1. The van der Waals surface area contributed by atoms with Crippen molar-refractivity contribution in [2.45, 2.75) is 6.54 Å². The van der Waals surface area contributed by atoms with E-state index in [4.69, 9.17) is 5.73 Å². The Morgan fingerprint density at radius 3 is 2.48 bits per heavy atom. The predicted octanol–water partition coefficient (Wildman–Crippen LogP) is 3.56. The van der Waals surface area contributed by atoms with Crippen molar-refractivity contribution in [3.63, 3.8) is 0 Å². The van der Waals surface area contributed by atoms with Gasteiger partial charge in [-0.15, -0.1) is 11.3 Å². The van der Waals surface area contributed by atoms with E-state index in [1.165, 1.54) is 6.20 Å². The smallest absolute Gasteiger partial charge is 0.263 e. The number of aromatic nitrogens is 1. The van der Waals surface area contributed by atoms with Gasteiger partial charge in [-0.3, -0.25) is 15.3 Å². The van der Waals surface area contributed by atoms with E-state index in [9.17, 15) is 9.59 Å². The van der Waals surface area contributed by atoms with Crippen molar-refractivity contribution >= 4 is 28.8 Å². The summed E-state index contributed by atoms with van der Waals surface area (Å²) in [4.78, 5) is 31.4. The molecule has 3 aromatic rings. The SMILES string of the molecule is CN(Cc1ccccc1)C(=O)c1ccc(C(=O)c2cccnc2[NH])s1. The molecule has 0 unspecified atom stereocenters. The van der Waals surface area contributed by atoms with Crippen LogP contribution in [0, 0.1) is 0 Å². The van der Waals surface area contributed by atoms with Gasteiger partial charge in [-0.05, 0) is 29.8 Å². The van der Waals surface area contributed by atoms with Crippen LogP contribution in [-0.4, -0.2) is 28.6 Å². The summed E-state index contributed by atoms with van der Waals surface area (Å²) in [5.41, 5.74) is 9.01. The maximum Gasteiger partial charge on any atom is 0.263 e. The number of thiophene rings is 1. The Morgan fingerprint density at radius 1 is 1.04 bits per heavy atom. The van der Waals surface area contributed by atoms with E-state index in [0.717, 1.165) is 16.9 Å². The van der Waals surface area contributed by atoms with Gasteiger partial charge in [-0.1, -0.05) is 30.3 Å². The van der Waals surface area contributed by atoms with Gasteiger partial charge in [-0.2, -0.15) is 0 Å². The van der Waals surface area contributed by atoms with Crippen molar-refractivity contribution < 1.29 is 9.59 Å². The summed E-state index contributed by atoms with van der Waals surface area (Å²) >= 11 is 1.14. The number of ketones is 1. The lowest BCUT2D eigenvalue weighted by molar-refractivity contribution is 0.0789. The summed E-state index contributed by atoms with van der Waals surface area (Å²) in [6, 6.07) is 16.2. The summed E-state index contributed by atoms with van der Waals surface area (Å²) in [7, 11) is 1.74. The molecule has 1 N–H and O–H groups in total. The fourth-order valence-electron chi connectivity index (χ4n) is 2.41. The van der Waals surface area contributed by atoms with Crippen molar-refractivity contribution in [3.05, 3.63) is 81.7 Å². The Bertz CT molecular complexity index is 906. The van der Waals surface area contributed by atoms with Gasteiger partial charge in [0.1, 0.15) is 0 Å². The van der Waals surface area contributed by atoms with E-state index in [1.54, 1.807) is 36.2 Å². The van der Waals surface area contributed by atoms with Crippen LogP contribution >= 0.6 is 11.3 Å². The minimum atomic E-state index is -0.284. The quantitative estimate of drug-likeness (QED) is 0.660. The fraction of sp³-hybridized carbons (Fsp3) is 0.105. The van der Waals surface area contributed by atoms with Crippen LogP contribution in [0.4, 0.5) is 5.82 Å². The standard InChI is InChI=1S/C19H16N3O2S/c1-22(12-13-6-3-2-4-7-13)19(24)16-10-9-15(25-16)17(23)14-8-5-11-21-18(14)20/h2-11,20H,12H2,1H3. The topological polar surface area (TPSA) is 74.1 Å².